The molecular weight excluding hydrogens is 316 g/mol. The van der Waals surface area contributed by atoms with Crippen molar-refractivity contribution < 1.29 is 4.74 Å². The summed E-state index contributed by atoms with van der Waals surface area (Å²) in [6.07, 6.45) is 8.43. The van der Waals surface area contributed by atoms with Crippen LogP contribution in [0, 0.1) is 0 Å². The second kappa shape index (κ2) is 7.00. The minimum Gasteiger partial charge on any atom is -0.494 e. The van der Waals surface area contributed by atoms with Gasteiger partial charge in [0.25, 0.3) is 0 Å². The van der Waals surface area contributed by atoms with Gasteiger partial charge in [-0.2, -0.15) is 5.10 Å². The lowest BCUT2D eigenvalue weighted by molar-refractivity contribution is 0.244. The lowest BCUT2D eigenvalue weighted by atomic mass is 9.95. The highest BCUT2D eigenvalue weighted by Gasteiger charge is 2.23. The van der Waals surface area contributed by atoms with Crippen LogP contribution in [-0.2, 0) is 26.4 Å². The Morgan fingerprint density at radius 3 is 2.48 bits per heavy atom. The lowest BCUT2D eigenvalue weighted by Gasteiger charge is -2.34. The number of piperazine rings is 1. The van der Waals surface area contributed by atoms with Crippen molar-refractivity contribution in [1.29, 1.82) is 0 Å². The number of fused-ring (bicyclic) bond motifs is 1. The third-order valence-corrected chi connectivity index (χ3v) is 5.33. The summed E-state index contributed by atoms with van der Waals surface area (Å²) in [6, 6.07) is 0. The minimum absolute atomic E-state index is 0.697. The molecule has 0 atom stereocenters. The van der Waals surface area contributed by atoms with Crippen LogP contribution in [0.25, 0.3) is 0 Å². The molecular formula is C18H26N6O. The Labute approximate surface area is 148 Å². The number of rotatable bonds is 4. The lowest BCUT2D eigenvalue weighted by Crippen LogP contribution is -2.46. The summed E-state index contributed by atoms with van der Waals surface area (Å²) in [6.45, 7) is 4.88. The van der Waals surface area contributed by atoms with Crippen molar-refractivity contribution in [3.8, 4) is 5.75 Å². The number of aromatic nitrogens is 4. The molecule has 2 aromatic heterocycles. The molecule has 0 amide bonds. The molecule has 3 heterocycles. The monoisotopic (exact) mass is 342 g/mol. The van der Waals surface area contributed by atoms with Gasteiger partial charge in [0.15, 0.2) is 5.75 Å². The summed E-state index contributed by atoms with van der Waals surface area (Å²) in [7, 11) is 3.72. The van der Waals surface area contributed by atoms with Crippen LogP contribution in [0.15, 0.2) is 12.4 Å². The Balaban J connectivity index is 1.37. The van der Waals surface area contributed by atoms with Gasteiger partial charge in [-0.25, -0.2) is 9.97 Å². The molecule has 2 aliphatic rings. The van der Waals surface area contributed by atoms with Gasteiger partial charge in [0.2, 0.25) is 5.95 Å². The third-order valence-electron chi connectivity index (χ3n) is 5.33. The van der Waals surface area contributed by atoms with Crippen LogP contribution >= 0.6 is 0 Å². The normalized spacial score (nSPS) is 18.2. The molecule has 7 heteroatoms. The van der Waals surface area contributed by atoms with Gasteiger partial charge in [-0.3, -0.25) is 9.58 Å². The number of hydrogen-bond acceptors (Lipinski definition) is 6. The van der Waals surface area contributed by atoms with E-state index in [0.717, 1.165) is 38.7 Å². The van der Waals surface area contributed by atoms with Crippen LogP contribution in [0.4, 0.5) is 5.95 Å². The van der Waals surface area contributed by atoms with Gasteiger partial charge in [-0.15, -0.1) is 0 Å². The molecule has 1 saturated heterocycles. The number of ether oxygens (including phenoxy) is 1. The van der Waals surface area contributed by atoms with Gasteiger partial charge in [-0.05, 0) is 31.2 Å². The smallest absolute Gasteiger partial charge is 0.225 e. The maximum atomic E-state index is 5.13. The molecule has 1 fully saturated rings. The van der Waals surface area contributed by atoms with E-state index in [4.69, 9.17) is 9.84 Å². The van der Waals surface area contributed by atoms with Crippen molar-refractivity contribution in [3.63, 3.8) is 0 Å². The molecule has 4 rings (SSSR count). The molecule has 1 aliphatic heterocycles. The average Bonchev–Trinajstić information content (AvgIpc) is 2.98. The molecule has 25 heavy (non-hydrogen) atoms. The van der Waals surface area contributed by atoms with Gasteiger partial charge in [0.05, 0.1) is 25.2 Å². The topological polar surface area (TPSA) is 59.3 Å². The quantitative estimate of drug-likeness (QED) is 0.838. The maximum absolute atomic E-state index is 5.13. The third kappa shape index (κ3) is 3.33. The summed E-state index contributed by atoms with van der Waals surface area (Å²) in [5, 5.41) is 4.81. The van der Waals surface area contributed by atoms with Crippen LogP contribution in [-0.4, -0.2) is 57.9 Å². The zero-order valence-electron chi connectivity index (χ0n) is 15.1. The number of aryl methyl sites for hydroxylation is 1. The first-order valence-corrected chi connectivity index (χ1v) is 9.11. The van der Waals surface area contributed by atoms with Gasteiger partial charge in [-0.1, -0.05) is 0 Å². The molecule has 0 aromatic carbocycles. The summed E-state index contributed by atoms with van der Waals surface area (Å²) in [5.74, 6) is 1.48. The van der Waals surface area contributed by atoms with E-state index in [1.54, 1.807) is 19.5 Å². The average molecular weight is 342 g/mol. The number of anilines is 1. The molecule has 0 spiro atoms. The Morgan fingerprint density at radius 1 is 1.04 bits per heavy atom. The van der Waals surface area contributed by atoms with E-state index < -0.39 is 0 Å². The SMILES string of the molecule is COc1cnc(N2CCN(Cc3nn(C)c4c3CCCC4)CC2)nc1. The predicted molar refractivity (Wildman–Crippen MR) is 95.9 cm³/mol. The molecule has 0 saturated carbocycles. The van der Waals surface area contributed by atoms with Crippen LogP contribution in [0.3, 0.4) is 0 Å². The number of methoxy groups -OCH3 is 1. The van der Waals surface area contributed by atoms with Crippen molar-refractivity contribution in [2.45, 2.75) is 32.2 Å². The second-order valence-electron chi connectivity index (χ2n) is 6.89. The fourth-order valence-corrected chi connectivity index (χ4v) is 3.88. The Morgan fingerprint density at radius 2 is 1.76 bits per heavy atom. The van der Waals surface area contributed by atoms with Crippen molar-refractivity contribution in [1.82, 2.24) is 24.6 Å². The zero-order valence-corrected chi connectivity index (χ0v) is 15.1. The van der Waals surface area contributed by atoms with E-state index in [-0.39, 0.29) is 0 Å². The summed E-state index contributed by atoms with van der Waals surface area (Å²) in [5.41, 5.74) is 4.24. The van der Waals surface area contributed by atoms with Crippen LogP contribution in [0.5, 0.6) is 5.75 Å². The fraction of sp³-hybridized carbons (Fsp3) is 0.611. The molecule has 0 radical (unpaired) electrons. The van der Waals surface area contributed by atoms with Crippen molar-refractivity contribution in [2.24, 2.45) is 7.05 Å². The summed E-state index contributed by atoms with van der Waals surface area (Å²) in [4.78, 5) is 13.5. The van der Waals surface area contributed by atoms with E-state index in [0.29, 0.717) is 5.75 Å². The summed E-state index contributed by atoms with van der Waals surface area (Å²) >= 11 is 0. The van der Waals surface area contributed by atoms with Crippen molar-refractivity contribution >= 4 is 5.95 Å². The standard InChI is InChI=1S/C18H26N6O/c1-22-17-6-4-3-5-15(17)16(21-22)13-23-7-9-24(10-8-23)18-19-11-14(25-2)12-20-18/h11-12H,3-10,13H2,1-2H3. The number of nitrogens with zero attached hydrogens (tertiary/aromatic N) is 6. The zero-order chi connectivity index (χ0) is 17.2. The maximum Gasteiger partial charge on any atom is 0.225 e. The van der Waals surface area contributed by atoms with Crippen LogP contribution in [0.1, 0.15) is 29.8 Å². The highest BCUT2D eigenvalue weighted by molar-refractivity contribution is 5.32. The summed E-state index contributed by atoms with van der Waals surface area (Å²) < 4.78 is 7.23. The highest BCUT2D eigenvalue weighted by Crippen LogP contribution is 2.25. The van der Waals surface area contributed by atoms with Crippen molar-refractivity contribution in [3.05, 3.63) is 29.3 Å². The Hall–Kier alpha value is -2.15. The first-order valence-electron chi connectivity index (χ1n) is 9.11. The Kier molecular flexibility index (Phi) is 4.57. The predicted octanol–water partition coefficient (Wildman–Crippen LogP) is 1.42. The van der Waals surface area contributed by atoms with Gasteiger partial charge >= 0.3 is 0 Å². The van der Waals surface area contributed by atoms with Crippen LogP contribution < -0.4 is 9.64 Å². The van der Waals surface area contributed by atoms with E-state index in [1.165, 1.54) is 42.6 Å². The molecule has 134 valence electrons. The molecule has 0 N–H and O–H groups in total. The van der Waals surface area contributed by atoms with Crippen LogP contribution in [0.2, 0.25) is 0 Å². The van der Waals surface area contributed by atoms with E-state index in [9.17, 15) is 0 Å². The van der Waals surface area contributed by atoms with E-state index in [2.05, 4.69) is 31.5 Å². The number of hydrogen-bond donors (Lipinski definition) is 0. The molecule has 0 bridgehead atoms. The molecule has 1 aliphatic carbocycles. The van der Waals surface area contributed by atoms with E-state index in [1.807, 2.05) is 0 Å². The first kappa shape index (κ1) is 16.3. The molecule has 7 nitrogen and oxygen atoms in total. The highest BCUT2D eigenvalue weighted by atomic mass is 16.5. The largest absolute Gasteiger partial charge is 0.494 e. The van der Waals surface area contributed by atoms with Gasteiger partial charge < -0.3 is 9.64 Å². The molecule has 0 unspecified atom stereocenters. The Bertz CT molecular complexity index is 718. The second-order valence-corrected chi connectivity index (χ2v) is 6.89. The van der Waals surface area contributed by atoms with Gasteiger partial charge in [0, 0.05) is 45.5 Å². The fourth-order valence-electron chi connectivity index (χ4n) is 3.88. The minimum atomic E-state index is 0.697. The molecule has 2 aromatic rings. The van der Waals surface area contributed by atoms with Gasteiger partial charge in [0.1, 0.15) is 0 Å². The van der Waals surface area contributed by atoms with E-state index >= 15 is 0 Å². The first-order chi connectivity index (χ1) is 12.2. The van der Waals surface area contributed by atoms with Crippen molar-refractivity contribution in [2.75, 3.05) is 38.2 Å².